The summed E-state index contributed by atoms with van der Waals surface area (Å²) in [5.41, 5.74) is 9.24. The van der Waals surface area contributed by atoms with Crippen LogP contribution in [0.15, 0.2) is 170 Å². The molecular weight excluding hydrogens is 548 g/mol. The van der Waals surface area contributed by atoms with Crippen LogP contribution in [-0.4, -0.2) is 15.0 Å². The minimum absolute atomic E-state index is 0.591. The van der Waals surface area contributed by atoms with Gasteiger partial charge < -0.3 is 0 Å². The Bertz CT molecular complexity index is 2250. The third-order valence-corrected chi connectivity index (χ3v) is 8.18. The molecule has 2 heterocycles. The van der Waals surface area contributed by atoms with E-state index in [9.17, 15) is 0 Å². The molecule has 45 heavy (non-hydrogen) atoms. The Labute approximate surface area is 261 Å². The van der Waals surface area contributed by atoms with Crippen molar-refractivity contribution in [2.45, 2.75) is 0 Å². The first-order valence-electron chi connectivity index (χ1n) is 15.0. The van der Waals surface area contributed by atoms with Crippen molar-refractivity contribution in [3.05, 3.63) is 170 Å². The highest BCUT2D eigenvalue weighted by atomic mass is 15.3. The number of rotatable bonds is 6. The molecule has 0 spiro atoms. The molecule has 0 saturated heterocycles. The van der Waals surface area contributed by atoms with Crippen molar-refractivity contribution in [3.63, 3.8) is 0 Å². The maximum Gasteiger partial charge on any atom is 0.235 e. The summed E-state index contributed by atoms with van der Waals surface area (Å²) >= 11 is 0. The predicted octanol–water partition coefficient (Wildman–Crippen LogP) is 10.6. The first-order valence-corrected chi connectivity index (χ1v) is 15.0. The van der Waals surface area contributed by atoms with E-state index in [0.717, 1.165) is 66.6 Å². The smallest absolute Gasteiger partial charge is 0.235 e. The van der Waals surface area contributed by atoms with Gasteiger partial charge in [0.25, 0.3) is 0 Å². The van der Waals surface area contributed by atoms with E-state index in [-0.39, 0.29) is 0 Å². The number of benzene rings is 6. The van der Waals surface area contributed by atoms with Crippen LogP contribution in [0.3, 0.4) is 0 Å². The van der Waals surface area contributed by atoms with Gasteiger partial charge >= 0.3 is 0 Å². The van der Waals surface area contributed by atoms with Crippen LogP contribution in [0.4, 0.5) is 17.3 Å². The Morgan fingerprint density at radius 2 is 1.09 bits per heavy atom. The zero-order valence-corrected chi connectivity index (χ0v) is 24.5. The molecule has 0 aliphatic carbocycles. The Hall–Kier alpha value is -6.13. The van der Waals surface area contributed by atoms with Crippen molar-refractivity contribution in [1.82, 2.24) is 15.0 Å². The summed E-state index contributed by atoms with van der Waals surface area (Å²) < 4.78 is 0. The third-order valence-electron chi connectivity index (χ3n) is 8.18. The molecule has 0 atom stereocenters. The van der Waals surface area contributed by atoms with Gasteiger partial charge in [0.1, 0.15) is 0 Å². The molecule has 0 amide bonds. The molecule has 4 nitrogen and oxygen atoms in total. The molecule has 8 aromatic rings. The standard InChI is InChI=1S/C41H28N4/c1-4-12-29(13-5-1)33-21-23-38(37(28-33)30-14-6-2-7-15-30)45(34-24-26-42-27-25-34)41-43-39(32-17-8-3-9-18-32)36-22-20-31-16-10-11-19-35(31)40(36)44-41/h1-28H. The number of fused-ring (bicyclic) bond motifs is 3. The quantitative estimate of drug-likeness (QED) is 0.185. The van der Waals surface area contributed by atoms with Crippen LogP contribution >= 0.6 is 0 Å². The van der Waals surface area contributed by atoms with E-state index < -0.39 is 0 Å². The molecule has 0 N–H and O–H groups in total. The van der Waals surface area contributed by atoms with Crippen LogP contribution in [0.1, 0.15) is 0 Å². The highest BCUT2D eigenvalue weighted by molar-refractivity contribution is 6.10. The maximum atomic E-state index is 5.35. The van der Waals surface area contributed by atoms with Crippen molar-refractivity contribution in [1.29, 1.82) is 0 Å². The average Bonchev–Trinajstić information content (AvgIpc) is 3.13. The van der Waals surface area contributed by atoms with Crippen molar-refractivity contribution in [2.24, 2.45) is 0 Å². The maximum absolute atomic E-state index is 5.35. The van der Waals surface area contributed by atoms with Gasteiger partial charge in [-0.05, 0) is 52.4 Å². The van der Waals surface area contributed by atoms with Gasteiger partial charge in [0.2, 0.25) is 5.95 Å². The molecule has 0 aliphatic rings. The van der Waals surface area contributed by atoms with E-state index in [1.165, 1.54) is 0 Å². The monoisotopic (exact) mass is 576 g/mol. The van der Waals surface area contributed by atoms with Gasteiger partial charge in [-0.25, -0.2) is 9.97 Å². The van der Waals surface area contributed by atoms with E-state index in [0.29, 0.717) is 5.95 Å². The highest BCUT2D eigenvalue weighted by Gasteiger charge is 2.23. The minimum atomic E-state index is 0.591. The summed E-state index contributed by atoms with van der Waals surface area (Å²) in [5.74, 6) is 0.591. The lowest BCUT2D eigenvalue weighted by molar-refractivity contribution is 1.11. The van der Waals surface area contributed by atoms with E-state index in [1.807, 2.05) is 36.7 Å². The van der Waals surface area contributed by atoms with E-state index in [1.54, 1.807) is 0 Å². The molecule has 0 radical (unpaired) electrons. The lowest BCUT2D eigenvalue weighted by Gasteiger charge is -2.27. The van der Waals surface area contributed by atoms with Crippen molar-refractivity contribution >= 4 is 39.0 Å². The van der Waals surface area contributed by atoms with Crippen molar-refractivity contribution in [2.75, 3.05) is 4.90 Å². The molecule has 0 unspecified atom stereocenters. The van der Waals surface area contributed by atoms with Crippen LogP contribution < -0.4 is 4.90 Å². The predicted molar refractivity (Wildman–Crippen MR) is 186 cm³/mol. The number of hydrogen-bond acceptors (Lipinski definition) is 4. The fraction of sp³-hybridized carbons (Fsp3) is 0. The van der Waals surface area contributed by atoms with Gasteiger partial charge in [-0.1, -0.05) is 127 Å². The van der Waals surface area contributed by atoms with Crippen molar-refractivity contribution < 1.29 is 0 Å². The Balaban J connectivity index is 1.44. The summed E-state index contributed by atoms with van der Waals surface area (Å²) in [6, 6.07) is 54.8. The molecule has 2 aromatic heterocycles. The first-order chi connectivity index (χ1) is 22.3. The molecule has 0 aliphatic heterocycles. The summed E-state index contributed by atoms with van der Waals surface area (Å²) in [6.45, 7) is 0. The van der Waals surface area contributed by atoms with Gasteiger partial charge in [-0.15, -0.1) is 0 Å². The number of anilines is 3. The fourth-order valence-corrected chi connectivity index (χ4v) is 6.01. The number of aromatic nitrogens is 3. The summed E-state index contributed by atoms with van der Waals surface area (Å²) in [5, 5.41) is 3.25. The Morgan fingerprint density at radius 1 is 0.444 bits per heavy atom. The lowest BCUT2D eigenvalue weighted by atomic mass is 9.96. The Morgan fingerprint density at radius 3 is 1.82 bits per heavy atom. The van der Waals surface area contributed by atoms with Crippen LogP contribution in [0.2, 0.25) is 0 Å². The molecular formula is C41H28N4. The second-order valence-electron chi connectivity index (χ2n) is 10.9. The second kappa shape index (κ2) is 11.5. The number of hydrogen-bond donors (Lipinski definition) is 0. The summed E-state index contributed by atoms with van der Waals surface area (Å²) in [6.07, 6.45) is 3.63. The van der Waals surface area contributed by atoms with E-state index >= 15 is 0 Å². The zero-order chi connectivity index (χ0) is 30.0. The molecule has 212 valence electrons. The van der Waals surface area contributed by atoms with Crippen LogP contribution in [0.5, 0.6) is 0 Å². The second-order valence-corrected chi connectivity index (χ2v) is 10.9. The van der Waals surface area contributed by atoms with Gasteiger partial charge in [0.05, 0.1) is 22.6 Å². The largest absolute Gasteiger partial charge is 0.278 e. The van der Waals surface area contributed by atoms with Crippen LogP contribution in [0, 0.1) is 0 Å². The average molecular weight is 577 g/mol. The number of pyridine rings is 1. The Kier molecular flexibility index (Phi) is 6.78. The van der Waals surface area contributed by atoms with Gasteiger partial charge in [0.15, 0.2) is 0 Å². The third kappa shape index (κ3) is 4.98. The van der Waals surface area contributed by atoms with Crippen LogP contribution in [0.25, 0.3) is 55.2 Å². The highest BCUT2D eigenvalue weighted by Crippen LogP contribution is 2.43. The van der Waals surface area contributed by atoms with E-state index in [2.05, 4.69) is 143 Å². The lowest BCUT2D eigenvalue weighted by Crippen LogP contribution is -2.15. The van der Waals surface area contributed by atoms with Gasteiger partial charge in [-0.3, -0.25) is 9.88 Å². The molecule has 0 bridgehead atoms. The zero-order valence-electron chi connectivity index (χ0n) is 24.5. The van der Waals surface area contributed by atoms with E-state index in [4.69, 9.17) is 9.97 Å². The number of nitrogens with zero attached hydrogens (tertiary/aromatic N) is 4. The molecule has 0 saturated carbocycles. The van der Waals surface area contributed by atoms with Crippen molar-refractivity contribution in [3.8, 4) is 33.5 Å². The normalized spacial score (nSPS) is 11.1. The molecule has 0 fully saturated rings. The van der Waals surface area contributed by atoms with Gasteiger partial charge in [-0.2, -0.15) is 0 Å². The SMILES string of the molecule is c1ccc(-c2ccc(N(c3ccncc3)c3nc(-c4ccccc4)c4ccc5ccccc5c4n3)c(-c3ccccc3)c2)cc1. The molecule has 8 rings (SSSR count). The first kappa shape index (κ1) is 26.5. The van der Waals surface area contributed by atoms with Gasteiger partial charge in [0, 0.05) is 34.3 Å². The minimum Gasteiger partial charge on any atom is -0.278 e. The summed E-state index contributed by atoms with van der Waals surface area (Å²) in [7, 11) is 0. The topological polar surface area (TPSA) is 41.9 Å². The van der Waals surface area contributed by atoms with Crippen LogP contribution in [-0.2, 0) is 0 Å². The molecule has 4 heteroatoms. The fourth-order valence-electron chi connectivity index (χ4n) is 6.01. The summed E-state index contributed by atoms with van der Waals surface area (Å²) in [4.78, 5) is 17.2. The molecule has 6 aromatic carbocycles.